The molecule has 0 aromatic heterocycles. The lowest BCUT2D eigenvalue weighted by Gasteiger charge is -2.29. The Kier molecular flexibility index (Phi) is 4.12. The van der Waals surface area contributed by atoms with Gasteiger partial charge in [-0.1, -0.05) is 61.0 Å². The Morgan fingerprint density at radius 1 is 1.14 bits per heavy atom. The van der Waals surface area contributed by atoms with Crippen LogP contribution in [0, 0.1) is 11.8 Å². The van der Waals surface area contributed by atoms with Gasteiger partial charge in [0, 0.05) is 0 Å². The molecule has 0 saturated heterocycles. The smallest absolute Gasteiger partial charge is 0.0612 e. The van der Waals surface area contributed by atoms with Crippen LogP contribution in [0.1, 0.15) is 32.3 Å². The van der Waals surface area contributed by atoms with E-state index in [9.17, 15) is 5.11 Å². The van der Waals surface area contributed by atoms with Gasteiger partial charge in [-0.2, -0.15) is 0 Å². The Balaban J connectivity index is 1.81. The molecule has 0 amide bonds. The van der Waals surface area contributed by atoms with Crippen molar-refractivity contribution in [2.45, 2.75) is 39.2 Å². The Morgan fingerprint density at radius 3 is 2.71 bits per heavy atom. The van der Waals surface area contributed by atoms with Crippen molar-refractivity contribution in [1.82, 2.24) is 0 Å². The zero-order chi connectivity index (χ0) is 14.8. The molecule has 0 saturated carbocycles. The number of fused-ring (bicyclic) bond motifs is 1. The van der Waals surface area contributed by atoms with Crippen LogP contribution in [0.5, 0.6) is 0 Å². The van der Waals surface area contributed by atoms with E-state index in [1.165, 1.54) is 21.9 Å². The predicted molar refractivity (Wildman–Crippen MR) is 89.3 cm³/mol. The summed E-state index contributed by atoms with van der Waals surface area (Å²) in [5, 5.41) is 13.2. The number of benzene rings is 2. The monoisotopic (exact) mass is 280 g/mol. The average molecular weight is 280 g/mol. The second kappa shape index (κ2) is 6.03. The molecule has 0 spiro atoms. The largest absolute Gasteiger partial charge is 0.392 e. The fourth-order valence-electron chi connectivity index (χ4n) is 3.75. The summed E-state index contributed by atoms with van der Waals surface area (Å²) in [5.74, 6) is 0.981. The van der Waals surface area contributed by atoms with Crippen LogP contribution >= 0.6 is 0 Å². The van der Waals surface area contributed by atoms with E-state index in [2.05, 4.69) is 62.4 Å². The van der Waals surface area contributed by atoms with Gasteiger partial charge in [0.1, 0.15) is 0 Å². The van der Waals surface area contributed by atoms with Crippen LogP contribution < -0.4 is 0 Å². The molecule has 1 N–H and O–H groups in total. The van der Waals surface area contributed by atoms with Gasteiger partial charge in [0.05, 0.1) is 6.10 Å². The maximum atomic E-state index is 10.7. The molecule has 1 aliphatic carbocycles. The third-order valence-electron chi connectivity index (χ3n) is 4.68. The molecule has 0 radical (unpaired) electrons. The van der Waals surface area contributed by atoms with Crippen molar-refractivity contribution in [2.24, 2.45) is 11.8 Å². The van der Waals surface area contributed by atoms with Crippen LogP contribution in [0.15, 0.2) is 54.1 Å². The zero-order valence-corrected chi connectivity index (χ0v) is 12.9. The lowest BCUT2D eigenvalue weighted by Crippen LogP contribution is -2.27. The molecule has 110 valence electrons. The van der Waals surface area contributed by atoms with Crippen LogP contribution in [0.3, 0.4) is 0 Å². The van der Waals surface area contributed by atoms with Gasteiger partial charge >= 0.3 is 0 Å². The first-order valence-electron chi connectivity index (χ1n) is 7.95. The van der Waals surface area contributed by atoms with Crippen molar-refractivity contribution in [3.8, 4) is 0 Å². The molecule has 0 bridgehead atoms. The van der Waals surface area contributed by atoms with E-state index in [0.717, 1.165) is 19.3 Å². The van der Waals surface area contributed by atoms with E-state index in [-0.39, 0.29) is 6.10 Å². The van der Waals surface area contributed by atoms with E-state index in [0.29, 0.717) is 11.8 Å². The average Bonchev–Trinajstić information content (AvgIpc) is 2.46. The third kappa shape index (κ3) is 3.19. The molecule has 2 aromatic carbocycles. The SMILES string of the molecule is CC1=CC(C)CC(C(O)Cc2cccc3ccccc23)C1. The first-order chi connectivity index (χ1) is 10.1. The first-order valence-corrected chi connectivity index (χ1v) is 7.95. The highest BCUT2D eigenvalue weighted by Gasteiger charge is 2.25. The number of aliphatic hydroxyl groups excluding tert-OH is 1. The molecule has 3 unspecified atom stereocenters. The first kappa shape index (κ1) is 14.3. The highest BCUT2D eigenvalue weighted by atomic mass is 16.3. The van der Waals surface area contributed by atoms with Crippen molar-refractivity contribution in [1.29, 1.82) is 0 Å². The normalized spacial score (nSPS) is 23.9. The lowest BCUT2D eigenvalue weighted by molar-refractivity contribution is 0.0935. The minimum Gasteiger partial charge on any atom is -0.392 e. The zero-order valence-electron chi connectivity index (χ0n) is 12.9. The van der Waals surface area contributed by atoms with Gasteiger partial charge in [0.2, 0.25) is 0 Å². The molecule has 21 heavy (non-hydrogen) atoms. The number of hydrogen-bond donors (Lipinski definition) is 1. The molecule has 0 fully saturated rings. The van der Waals surface area contributed by atoms with Gasteiger partial charge in [-0.05, 0) is 54.4 Å². The van der Waals surface area contributed by atoms with Crippen LogP contribution in [-0.4, -0.2) is 11.2 Å². The van der Waals surface area contributed by atoms with Crippen molar-refractivity contribution in [3.63, 3.8) is 0 Å². The van der Waals surface area contributed by atoms with Gasteiger partial charge in [-0.3, -0.25) is 0 Å². The second-order valence-electron chi connectivity index (χ2n) is 6.60. The molecule has 1 aliphatic rings. The van der Waals surface area contributed by atoms with E-state index >= 15 is 0 Å². The number of allylic oxidation sites excluding steroid dienone is 2. The number of aliphatic hydroxyl groups is 1. The van der Waals surface area contributed by atoms with Crippen LogP contribution in [0.4, 0.5) is 0 Å². The highest BCUT2D eigenvalue weighted by molar-refractivity contribution is 5.85. The minimum absolute atomic E-state index is 0.248. The molecule has 1 heteroatoms. The van der Waals surface area contributed by atoms with E-state index in [1.54, 1.807) is 0 Å². The maximum absolute atomic E-state index is 10.7. The summed E-state index contributed by atoms with van der Waals surface area (Å²) in [6.45, 7) is 4.44. The molecular weight excluding hydrogens is 256 g/mol. The van der Waals surface area contributed by atoms with Crippen molar-refractivity contribution >= 4 is 10.8 Å². The fraction of sp³-hybridized carbons (Fsp3) is 0.400. The predicted octanol–water partition coefficient (Wildman–Crippen LogP) is 4.74. The standard InChI is InChI=1S/C20H24O/c1-14-10-15(2)12-18(11-14)20(21)13-17-8-5-7-16-6-3-4-9-19(16)17/h3-10,14,18,20-21H,11-13H2,1-2H3. The summed E-state index contributed by atoms with van der Waals surface area (Å²) in [5.41, 5.74) is 2.69. The summed E-state index contributed by atoms with van der Waals surface area (Å²) < 4.78 is 0. The summed E-state index contributed by atoms with van der Waals surface area (Å²) >= 11 is 0. The number of rotatable bonds is 3. The molecule has 1 nitrogen and oxygen atoms in total. The number of hydrogen-bond acceptors (Lipinski definition) is 1. The second-order valence-corrected chi connectivity index (χ2v) is 6.60. The fourth-order valence-corrected chi connectivity index (χ4v) is 3.75. The van der Waals surface area contributed by atoms with Crippen molar-refractivity contribution in [3.05, 3.63) is 59.7 Å². The van der Waals surface area contributed by atoms with E-state index < -0.39 is 0 Å². The maximum Gasteiger partial charge on any atom is 0.0612 e. The van der Waals surface area contributed by atoms with Crippen LogP contribution in [-0.2, 0) is 6.42 Å². The third-order valence-corrected chi connectivity index (χ3v) is 4.68. The molecule has 0 aliphatic heterocycles. The Hall–Kier alpha value is -1.60. The molecule has 3 atom stereocenters. The summed E-state index contributed by atoms with van der Waals surface area (Å²) in [7, 11) is 0. The topological polar surface area (TPSA) is 20.2 Å². The molecule has 2 aromatic rings. The van der Waals surface area contributed by atoms with Crippen molar-refractivity contribution < 1.29 is 5.11 Å². The Labute approximate surface area is 127 Å². The highest BCUT2D eigenvalue weighted by Crippen LogP contribution is 2.32. The summed E-state index contributed by atoms with van der Waals surface area (Å²) in [6.07, 6.45) is 4.99. The van der Waals surface area contributed by atoms with Gasteiger partial charge in [-0.25, -0.2) is 0 Å². The molecule has 0 heterocycles. The summed E-state index contributed by atoms with van der Waals surface area (Å²) in [6, 6.07) is 14.8. The quantitative estimate of drug-likeness (QED) is 0.805. The van der Waals surface area contributed by atoms with Crippen molar-refractivity contribution in [2.75, 3.05) is 0 Å². The van der Waals surface area contributed by atoms with Gasteiger partial charge in [0.25, 0.3) is 0 Å². The Morgan fingerprint density at radius 2 is 1.90 bits per heavy atom. The lowest BCUT2D eigenvalue weighted by atomic mass is 9.79. The van der Waals surface area contributed by atoms with Crippen LogP contribution in [0.25, 0.3) is 10.8 Å². The molecule has 3 rings (SSSR count). The van der Waals surface area contributed by atoms with Gasteiger partial charge in [0.15, 0.2) is 0 Å². The van der Waals surface area contributed by atoms with Crippen LogP contribution in [0.2, 0.25) is 0 Å². The minimum atomic E-state index is -0.248. The van der Waals surface area contributed by atoms with E-state index in [1.807, 2.05) is 0 Å². The summed E-state index contributed by atoms with van der Waals surface area (Å²) in [4.78, 5) is 0. The van der Waals surface area contributed by atoms with Gasteiger partial charge < -0.3 is 5.11 Å². The van der Waals surface area contributed by atoms with E-state index in [4.69, 9.17) is 0 Å². The Bertz CT molecular complexity index is 650. The molecular formula is C20H24O. The van der Waals surface area contributed by atoms with Gasteiger partial charge in [-0.15, -0.1) is 0 Å².